The SMILES string of the molecule is CCOc1ccc(C(=O)NCCOCCCl)cc1OCC. The summed E-state index contributed by atoms with van der Waals surface area (Å²) in [4.78, 5) is 12.0. The molecule has 1 aromatic carbocycles. The van der Waals surface area contributed by atoms with Crippen LogP contribution in [0.2, 0.25) is 0 Å². The molecule has 0 aliphatic heterocycles. The van der Waals surface area contributed by atoms with Crippen LogP contribution in [-0.4, -0.2) is 44.8 Å². The molecule has 0 atom stereocenters. The summed E-state index contributed by atoms with van der Waals surface area (Å²) in [6, 6.07) is 5.14. The standard InChI is InChI=1S/C15H22ClNO4/c1-3-20-13-6-5-12(11-14(13)21-4-2)15(18)17-8-10-19-9-7-16/h5-6,11H,3-4,7-10H2,1-2H3,(H,17,18). The van der Waals surface area contributed by atoms with Gasteiger partial charge in [-0.05, 0) is 32.0 Å². The molecule has 0 saturated carbocycles. The van der Waals surface area contributed by atoms with Gasteiger partial charge < -0.3 is 19.5 Å². The van der Waals surface area contributed by atoms with Gasteiger partial charge in [-0.3, -0.25) is 4.79 Å². The van der Waals surface area contributed by atoms with Crippen molar-refractivity contribution in [2.45, 2.75) is 13.8 Å². The Hall–Kier alpha value is -1.46. The Morgan fingerprint density at radius 1 is 1.14 bits per heavy atom. The molecule has 0 heterocycles. The van der Waals surface area contributed by atoms with Gasteiger partial charge in [0.2, 0.25) is 0 Å². The van der Waals surface area contributed by atoms with Crippen LogP contribution >= 0.6 is 11.6 Å². The van der Waals surface area contributed by atoms with Crippen molar-refractivity contribution in [1.82, 2.24) is 5.32 Å². The van der Waals surface area contributed by atoms with Gasteiger partial charge in [-0.15, -0.1) is 11.6 Å². The summed E-state index contributed by atoms with van der Waals surface area (Å²) in [5.41, 5.74) is 0.527. The zero-order valence-corrected chi connectivity index (χ0v) is 13.2. The van der Waals surface area contributed by atoms with Crippen LogP contribution in [0.5, 0.6) is 11.5 Å². The Balaban J connectivity index is 2.60. The number of benzene rings is 1. The maximum Gasteiger partial charge on any atom is 0.251 e. The molecule has 0 radical (unpaired) electrons. The summed E-state index contributed by atoms with van der Waals surface area (Å²) < 4.78 is 16.1. The molecule has 0 spiro atoms. The second-order valence-corrected chi connectivity index (χ2v) is 4.46. The van der Waals surface area contributed by atoms with Crippen molar-refractivity contribution in [2.24, 2.45) is 0 Å². The minimum atomic E-state index is -0.173. The molecule has 0 aliphatic rings. The topological polar surface area (TPSA) is 56.8 Å². The molecule has 0 bridgehead atoms. The number of hydrogen-bond acceptors (Lipinski definition) is 4. The fourth-order valence-electron chi connectivity index (χ4n) is 1.69. The lowest BCUT2D eigenvalue weighted by molar-refractivity contribution is 0.0923. The second kappa shape index (κ2) is 10.3. The van der Waals surface area contributed by atoms with Crippen molar-refractivity contribution < 1.29 is 19.0 Å². The van der Waals surface area contributed by atoms with Crippen LogP contribution in [0.4, 0.5) is 0 Å². The van der Waals surface area contributed by atoms with Crippen LogP contribution in [0.15, 0.2) is 18.2 Å². The van der Waals surface area contributed by atoms with Crippen molar-refractivity contribution in [3.8, 4) is 11.5 Å². The summed E-state index contributed by atoms with van der Waals surface area (Å²) in [5, 5.41) is 2.78. The zero-order valence-electron chi connectivity index (χ0n) is 12.5. The highest BCUT2D eigenvalue weighted by atomic mass is 35.5. The van der Waals surface area contributed by atoms with Crippen LogP contribution in [0.25, 0.3) is 0 Å². The Morgan fingerprint density at radius 2 is 1.86 bits per heavy atom. The smallest absolute Gasteiger partial charge is 0.251 e. The molecule has 0 unspecified atom stereocenters. The molecule has 1 aromatic rings. The highest BCUT2D eigenvalue weighted by molar-refractivity contribution is 6.17. The summed E-state index contributed by atoms with van der Waals surface area (Å²) in [6.45, 7) is 6.20. The van der Waals surface area contributed by atoms with E-state index >= 15 is 0 Å². The van der Waals surface area contributed by atoms with Gasteiger partial charge in [-0.25, -0.2) is 0 Å². The predicted octanol–water partition coefficient (Wildman–Crippen LogP) is 2.47. The minimum absolute atomic E-state index is 0.173. The second-order valence-electron chi connectivity index (χ2n) is 4.08. The van der Waals surface area contributed by atoms with Crippen LogP contribution < -0.4 is 14.8 Å². The quantitative estimate of drug-likeness (QED) is 0.532. The number of hydrogen-bond donors (Lipinski definition) is 1. The Morgan fingerprint density at radius 3 is 2.52 bits per heavy atom. The van der Waals surface area contributed by atoms with Crippen molar-refractivity contribution >= 4 is 17.5 Å². The van der Waals surface area contributed by atoms with Gasteiger partial charge in [-0.2, -0.15) is 0 Å². The highest BCUT2D eigenvalue weighted by Crippen LogP contribution is 2.28. The Bertz CT molecular complexity index is 440. The van der Waals surface area contributed by atoms with E-state index < -0.39 is 0 Å². The molecule has 118 valence electrons. The van der Waals surface area contributed by atoms with E-state index in [2.05, 4.69) is 5.32 Å². The van der Waals surface area contributed by atoms with Crippen LogP contribution in [0.1, 0.15) is 24.2 Å². The van der Waals surface area contributed by atoms with Gasteiger partial charge in [0.05, 0.1) is 26.4 Å². The normalized spacial score (nSPS) is 10.2. The first kappa shape index (κ1) is 17.6. The monoisotopic (exact) mass is 315 g/mol. The molecular weight excluding hydrogens is 294 g/mol. The van der Waals surface area contributed by atoms with Crippen molar-refractivity contribution in [3.05, 3.63) is 23.8 Å². The number of carbonyl (C=O) groups is 1. The number of alkyl halides is 1. The maximum absolute atomic E-state index is 12.0. The first-order valence-electron chi connectivity index (χ1n) is 7.04. The van der Waals surface area contributed by atoms with Crippen molar-refractivity contribution in [2.75, 3.05) is 38.9 Å². The molecule has 1 amide bonds. The molecule has 0 saturated heterocycles. The first-order chi connectivity index (χ1) is 10.2. The molecule has 21 heavy (non-hydrogen) atoms. The molecule has 0 fully saturated rings. The third-order valence-corrected chi connectivity index (χ3v) is 2.71. The van der Waals surface area contributed by atoms with Crippen LogP contribution in [0, 0.1) is 0 Å². The lowest BCUT2D eigenvalue weighted by Crippen LogP contribution is -2.27. The van der Waals surface area contributed by atoms with Gasteiger partial charge in [0.1, 0.15) is 0 Å². The maximum atomic E-state index is 12.0. The number of rotatable bonds is 10. The van der Waals surface area contributed by atoms with Crippen molar-refractivity contribution in [1.29, 1.82) is 0 Å². The lowest BCUT2D eigenvalue weighted by atomic mass is 10.2. The first-order valence-corrected chi connectivity index (χ1v) is 7.57. The average Bonchev–Trinajstić information content (AvgIpc) is 2.49. The van der Waals surface area contributed by atoms with E-state index in [0.717, 1.165) is 0 Å². The number of amides is 1. The van der Waals surface area contributed by atoms with Crippen LogP contribution in [0.3, 0.4) is 0 Å². The lowest BCUT2D eigenvalue weighted by Gasteiger charge is -2.12. The molecular formula is C15H22ClNO4. The molecule has 1 rings (SSSR count). The highest BCUT2D eigenvalue weighted by Gasteiger charge is 2.11. The number of nitrogens with one attached hydrogen (secondary N) is 1. The Labute approximate surface area is 130 Å². The van der Waals surface area contributed by atoms with E-state index in [1.807, 2.05) is 13.8 Å². The average molecular weight is 316 g/mol. The van der Waals surface area contributed by atoms with Gasteiger partial charge in [0.15, 0.2) is 11.5 Å². The van der Waals surface area contributed by atoms with E-state index in [-0.39, 0.29) is 5.91 Å². The molecule has 0 aromatic heterocycles. The van der Waals surface area contributed by atoms with E-state index in [0.29, 0.717) is 55.9 Å². The predicted molar refractivity (Wildman–Crippen MR) is 82.7 cm³/mol. The number of carbonyl (C=O) groups excluding carboxylic acids is 1. The molecule has 6 heteroatoms. The number of halogens is 1. The molecule has 0 aliphatic carbocycles. The van der Waals surface area contributed by atoms with Gasteiger partial charge >= 0.3 is 0 Å². The van der Waals surface area contributed by atoms with Gasteiger partial charge in [0.25, 0.3) is 5.91 Å². The minimum Gasteiger partial charge on any atom is -0.490 e. The van der Waals surface area contributed by atoms with Crippen molar-refractivity contribution in [3.63, 3.8) is 0 Å². The van der Waals surface area contributed by atoms with Gasteiger partial charge in [-0.1, -0.05) is 0 Å². The Kier molecular flexibility index (Phi) is 8.62. The van der Waals surface area contributed by atoms with Crippen LogP contribution in [-0.2, 0) is 4.74 Å². The van der Waals surface area contributed by atoms with E-state index in [4.69, 9.17) is 25.8 Å². The zero-order chi connectivity index (χ0) is 15.5. The van der Waals surface area contributed by atoms with Gasteiger partial charge in [0, 0.05) is 18.0 Å². The summed E-state index contributed by atoms with van der Waals surface area (Å²) in [5.74, 6) is 1.49. The fraction of sp³-hybridized carbons (Fsp3) is 0.533. The molecule has 1 N–H and O–H groups in total. The summed E-state index contributed by atoms with van der Waals surface area (Å²) in [7, 11) is 0. The third-order valence-electron chi connectivity index (χ3n) is 2.56. The summed E-state index contributed by atoms with van der Waals surface area (Å²) >= 11 is 5.49. The van der Waals surface area contributed by atoms with E-state index in [1.165, 1.54) is 0 Å². The van der Waals surface area contributed by atoms with E-state index in [1.54, 1.807) is 18.2 Å². The summed E-state index contributed by atoms with van der Waals surface area (Å²) in [6.07, 6.45) is 0. The largest absolute Gasteiger partial charge is 0.490 e. The number of ether oxygens (including phenoxy) is 3. The third kappa shape index (κ3) is 6.23. The van der Waals surface area contributed by atoms with E-state index in [9.17, 15) is 4.79 Å². The molecule has 5 nitrogen and oxygen atoms in total. The fourth-order valence-corrected chi connectivity index (χ4v) is 1.80.